The highest BCUT2D eigenvalue weighted by Gasteiger charge is 2.31. The summed E-state index contributed by atoms with van der Waals surface area (Å²) in [6.07, 6.45) is 1.58. The van der Waals surface area contributed by atoms with E-state index in [0.29, 0.717) is 12.0 Å². The van der Waals surface area contributed by atoms with Crippen LogP contribution < -0.4 is 5.32 Å². The van der Waals surface area contributed by atoms with Gasteiger partial charge in [-0.1, -0.05) is 0 Å². The van der Waals surface area contributed by atoms with E-state index in [1.54, 1.807) is 6.33 Å². The third-order valence-corrected chi connectivity index (χ3v) is 2.53. The fourth-order valence-electron chi connectivity index (χ4n) is 1.73. The van der Waals surface area contributed by atoms with Gasteiger partial charge in [-0.2, -0.15) is 5.10 Å². The first-order chi connectivity index (χ1) is 6.33. The summed E-state index contributed by atoms with van der Waals surface area (Å²) >= 11 is 0. The molecule has 1 saturated heterocycles. The molecule has 2 atom stereocenters. The Balaban J connectivity index is 2.20. The third kappa shape index (κ3) is 1.45. The van der Waals surface area contributed by atoms with Gasteiger partial charge in [0.15, 0.2) is 0 Å². The summed E-state index contributed by atoms with van der Waals surface area (Å²) in [6, 6.07) is 0.364. The fourth-order valence-corrected chi connectivity index (χ4v) is 1.73. The first-order valence-corrected chi connectivity index (χ1v) is 4.42. The van der Waals surface area contributed by atoms with E-state index < -0.39 is 0 Å². The molecule has 1 fully saturated rings. The number of nitrogens with zero attached hydrogens (tertiary/aromatic N) is 3. The van der Waals surface area contributed by atoms with Crippen LogP contribution in [0.25, 0.3) is 0 Å². The van der Waals surface area contributed by atoms with Gasteiger partial charge in [0.1, 0.15) is 12.2 Å². The van der Waals surface area contributed by atoms with Gasteiger partial charge in [0.25, 0.3) is 0 Å². The zero-order valence-electron chi connectivity index (χ0n) is 7.90. The molecule has 0 aliphatic carbocycles. The van der Waals surface area contributed by atoms with E-state index in [9.17, 15) is 0 Å². The second-order valence-corrected chi connectivity index (χ2v) is 3.28. The lowest BCUT2D eigenvalue weighted by atomic mass is 10.0. The highest BCUT2D eigenvalue weighted by atomic mass is 16.5. The van der Waals surface area contributed by atoms with Gasteiger partial charge < -0.3 is 10.1 Å². The van der Waals surface area contributed by atoms with Gasteiger partial charge in [0.05, 0.1) is 19.1 Å². The van der Waals surface area contributed by atoms with Crippen LogP contribution in [0.15, 0.2) is 6.33 Å². The van der Waals surface area contributed by atoms with Crippen LogP contribution in [0.4, 0.5) is 0 Å². The molecule has 72 valence electrons. The molecule has 0 saturated carbocycles. The topological polar surface area (TPSA) is 52.0 Å². The Kier molecular flexibility index (Phi) is 2.28. The second-order valence-electron chi connectivity index (χ2n) is 3.28. The van der Waals surface area contributed by atoms with Crippen molar-refractivity contribution in [1.29, 1.82) is 0 Å². The molecule has 1 aromatic rings. The Morgan fingerprint density at radius 3 is 3.08 bits per heavy atom. The van der Waals surface area contributed by atoms with Crippen molar-refractivity contribution in [2.75, 3.05) is 20.3 Å². The van der Waals surface area contributed by atoms with Crippen LogP contribution in [0.1, 0.15) is 11.7 Å². The fraction of sp³-hybridized carbons (Fsp3) is 0.750. The Morgan fingerprint density at radius 2 is 2.46 bits per heavy atom. The normalized spacial score (nSPS) is 28.2. The van der Waals surface area contributed by atoms with Crippen LogP contribution in [-0.2, 0) is 11.8 Å². The second kappa shape index (κ2) is 3.43. The van der Waals surface area contributed by atoms with E-state index in [1.165, 1.54) is 0 Å². The molecule has 1 aromatic heterocycles. The number of hydrogen-bond donors (Lipinski definition) is 1. The van der Waals surface area contributed by atoms with Gasteiger partial charge in [-0.3, -0.25) is 4.68 Å². The molecule has 13 heavy (non-hydrogen) atoms. The number of aromatic nitrogens is 3. The number of hydrogen-bond acceptors (Lipinski definition) is 4. The van der Waals surface area contributed by atoms with Crippen LogP contribution >= 0.6 is 0 Å². The van der Waals surface area contributed by atoms with E-state index >= 15 is 0 Å². The van der Waals surface area contributed by atoms with Crippen LogP contribution in [0, 0.1) is 0 Å². The summed E-state index contributed by atoms with van der Waals surface area (Å²) in [5.74, 6) is 1.33. The molecule has 5 heteroatoms. The molecule has 0 amide bonds. The van der Waals surface area contributed by atoms with Crippen LogP contribution in [0.3, 0.4) is 0 Å². The summed E-state index contributed by atoms with van der Waals surface area (Å²) in [6.45, 7) is 1.49. The van der Waals surface area contributed by atoms with Crippen molar-refractivity contribution in [3.63, 3.8) is 0 Å². The standard InChI is InChI=1S/C8H14N4O/c1-9-7-4-13-3-6(7)8-10-5-11-12(8)2/h5-7,9H,3-4H2,1-2H3. The molecule has 2 unspecified atom stereocenters. The number of ether oxygens (including phenoxy) is 1. The van der Waals surface area contributed by atoms with Gasteiger partial charge in [0, 0.05) is 13.1 Å². The molecule has 0 aromatic carbocycles. The number of nitrogens with one attached hydrogen (secondary N) is 1. The quantitative estimate of drug-likeness (QED) is 0.671. The molecule has 1 aliphatic rings. The minimum absolute atomic E-state index is 0.331. The van der Waals surface area contributed by atoms with Gasteiger partial charge in [-0.15, -0.1) is 0 Å². The van der Waals surface area contributed by atoms with Gasteiger partial charge >= 0.3 is 0 Å². The summed E-state index contributed by atoms with van der Waals surface area (Å²) in [7, 11) is 3.86. The number of rotatable bonds is 2. The van der Waals surface area contributed by atoms with Gasteiger partial charge in [-0.25, -0.2) is 4.98 Å². The predicted molar refractivity (Wildman–Crippen MR) is 47.4 cm³/mol. The summed E-state index contributed by atoms with van der Waals surface area (Å²) in [5, 5.41) is 7.28. The minimum atomic E-state index is 0.331. The summed E-state index contributed by atoms with van der Waals surface area (Å²) in [4.78, 5) is 4.23. The summed E-state index contributed by atoms with van der Waals surface area (Å²) < 4.78 is 7.20. The zero-order valence-corrected chi connectivity index (χ0v) is 7.90. The van der Waals surface area contributed by atoms with Crippen molar-refractivity contribution in [1.82, 2.24) is 20.1 Å². The lowest BCUT2D eigenvalue weighted by Gasteiger charge is -2.15. The Bertz CT molecular complexity index is 285. The van der Waals surface area contributed by atoms with E-state index in [0.717, 1.165) is 19.0 Å². The van der Waals surface area contributed by atoms with Crippen molar-refractivity contribution in [3.05, 3.63) is 12.2 Å². The minimum Gasteiger partial charge on any atom is -0.379 e. The Labute approximate surface area is 77.1 Å². The SMILES string of the molecule is CNC1COCC1c1ncnn1C. The molecule has 1 aliphatic heterocycles. The monoisotopic (exact) mass is 182 g/mol. The molecule has 0 bridgehead atoms. The first kappa shape index (κ1) is 8.65. The molecule has 2 heterocycles. The van der Waals surface area contributed by atoms with E-state index in [2.05, 4.69) is 15.4 Å². The van der Waals surface area contributed by atoms with Gasteiger partial charge in [0.2, 0.25) is 0 Å². The Hall–Kier alpha value is -0.940. The number of aryl methyl sites for hydroxylation is 1. The van der Waals surface area contributed by atoms with Crippen LogP contribution in [0.5, 0.6) is 0 Å². The largest absolute Gasteiger partial charge is 0.379 e. The molecule has 0 radical (unpaired) electrons. The smallest absolute Gasteiger partial charge is 0.138 e. The lowest BCUT2D eigenvalue weighted by molar-refractivity contribution is 0.187. The molecule has 1 N–H and O–H groups in total. The van der Waals surface area contributed by atoms with Crippen molar-refractivity contribution in [2.24, 2.45) is 7.05 Å². The maximum atomic E-state index is 5.40. The lowest BCUT2D eigenvalue weighted by Crippen LogP contribution is -2.32. The Morgan fingerprint density at radius 1 is 1.62 bits per heavy atom. The third-order valence-electron chi connectivity index (χ3n) is 2.53. The van der Waals surface area contributed by atoms with Crippen LogP contribution in [-0.4, -0.2) is 41.1 Å². The maximum absolute atomic E-state index is 5.40. The molecular formula is C8H14N4O. The molecule has 2 rings (SSSR count). The molecular weight excluding hydrogens is 168 g/mol. The molecule has 5 nitrogen and oxygen atoms in total. The first-order valence-electron chi connectivity index (χ1n) is 4.42. The highest BCUT2D eigenvalue weighted by molar-refractivity contribution is 5.03. The highest BCUT2D eigenvalue weighted by Crippen LogP contribution is 2.22. The number of likely N-dealkylation sites (N-methyl/N-ethyl adjacent to an activating group) is 1. The van der Waals surface area contributed by atoms with E-state index in [1.807, 2.05) is 18.8 Å². The van der Waals surface area contributed by atoms with Crippen molar-refractivity contribution < 1.29 is 4.74 Å². The van der Waals surface area contributed by atoms with Crippen molar-refractivity contribution >= 4 is 0 Å². The maximum Gasteiger partial charge on any atom is 0.138 e. The van der Waals surface area contributed by atoms with Gasteiger partial charge in [-0.05, 0) is 7.05 Å². The average molecular weight is 182 g/mol. The van der Waals surface area contributed by atoms with Crippen molar-refractivity contribution in [2.45, 2.75) is 12.0 Å². The van der Waals surface area contributed by atoms with E-state index in [4.69, 9.17) is 4.74 Å². The average Bonchev–Trinajstić information content (AvgIpc) is 2.71. The molecule has 0 spiro atoms. The zero-order chi connectivity index (χ0) is 9.26. The van der Waals surface area contributed by atoms with E-state index in [-0.39, 0.29) is 0 Å². The predicted octanol–water partition coefficient (Wildman–Crippen LogP) is -0.483. The van der Waals surface area contributed by atoms with Crippen molar-refractivity contribution in [3.8, 4) is 0 Å². The van der Waals surface area contributed by atoms with Crippen LogP contribution in [0.2, 0.25) is 0 Å². The summed E-state index contributed by atoms with van der Waals surface area (Å²) in [5.41, 5.74) is 0.